The van der Waals surface area contributed by atoms with Gasteiger partial charge in [-0.2, -0.15) is 0 Å². The highest BCUT2D eigenvalue weighted by Crippen LogP contribution is 2.24. The maximum absolute atomic E-state index is 5.94. The summed E-state index contributed by atoms with van der Waals surface area (Å²) < 4.78 is 0.787. The van der Waals surface area contributed by atoms with Gasteiger partial charge in [-0.15, -0.1) is 0 Å². The molecule has 0 saturated heterocycles. The Morgan fingerprint density at radius 1 is 1.14 bits per heavy atom. The lowest BCUT2D eigenvalue weighted by Crippen LogP contribution is -1.86. The van der Waals surface area contributed by atoms with E-state index in [0.717, 1.165) is 15.9 Å². The maximum atomic E-state index is 5.94. The number of nitrogens with zero attached hydrogens (tertiary/aromatic N) is 2. The van der Waals surface area contributed by atoms with E-state index in [1.54, 1.807) is 6.20 Å². The van der Waals surface area contributed by atoms with Gasteiger partial charge in [-0.05, 0) is 40.2 Å². The molecule has 0 amide bonds. The Hall–Kier alpha value is -0.930. The molecular weight excluding hydrogens is 263 g/mol. The molecule has 0 aliphatic rings. The van der Waals surface area contributed by atoms with Crippen molar-refractivity contribution < 1.29 is 0 Å². The van der Waals surface area contributed by atoms with Crippen molar-refractivity contribution in [1.82, 2.24) is 9.97 Å². The monoisotopic (exact) mass is 268 g/mol. The van der Waals surface area contributed by atoms with Gasteiger partial charge in [-0.3, -0.25) is 0 Å². The van der Waals surface area contributed by atoms with Crippen LogP contribution in [0.1, 0.15) is 0 Å². The van der Waals surface area contributed by atoms with Crippen LogP contribution in [0.4, 0.5) is 0 Å². The minimum absolute atomic E-state index is 0.470. The molecule has 0 aromatic carbocycles. The third-order valence-electron chi connectivity index (χ3n) is 1.75. The number of hydrogen-bond donors (Lipinski definition) is 0. The van der Waals surface area contributed by atoms with E-state index in [2.05, 4.69) is 25.9 Å². The van der Waals surface area contributed by atoms with Crippen molar-refractivity contribution in [3.8, 4) is 11.3 Å². The molecule has 0 bridgehead atoms. The fourth-order valence-electron chi connectivity index (χ4n) is 1.14. The van der Waals surface area contributed by atoms with Crippen LogP contribution in [0.5, 0.6) is 0 Å². The van der Waals surface area contributed by atoms with Crippen LogP contribution in [-0.2, 0) is 0 Å². The molecular formula is C10H6BrClN2. The van der Waals surface area contributed by atoms with Crippen molar-refractivity contribution in [2.45, 2.75) is 0 Å². The fraction of sp³-hybridized carbons (Fsp3) is 0. The molecule has 0 spiro atoms. The highest BCUT2D eigenvalue weighted by Gasteiger charge is 2.04. The molecule has 2 rings (SSSR count). The van der Waals surface area contributed by atoms with Crippen LogP contribution < -0.4 is 0 Å². The molecule has 0 aliphatic heterocycles. The lowest BCUT2D eigenvalue weighted by atomic mass is 10.2. The van der Waals surface area contributed by atoms with E-state index in [4.69, 9.17) is 11.6 Å². The van der Waals surface area contributed by atoms with E-state index in [1.807, 2.05) is 30.3 Å². The molecule has 0 saturated carbocycles. The summed E-state index contributed by atoms with van der Waals surface area (Å²) in [5.74, 6) is 0. The Morgan fingerprint density at radius 3 is 2.71 bits per heavy atom. The zero-order valence-electron chi connectivity index (χ0n) is 7.11. The summed E-state index contributed by atoms with van der Waals surface area (Å²) in [6.07, 6.45) is 1.66. The van der Waals surface area contributed by atoms with Crippen molar-refractivity contribution >= 4 is 27.5 Å². The lowest BCUT2D eigenvalue weighted by molar-refractivity contribution is 1.25. The first-order chi connectivity index (χ1) is 6.77. The van der Waals surface area contributed by atoms with E-state index >= 15 is 0 Å². The molecule has 2 aromatic heterocycles. The van der Waals surface area contributed by atoms with Gasteiger partial charge in [-0.1, -0.05) is 17.7 Å². The second-order valence-electron chi connectivity index (χ2n) is 2.69. The summed E-state index contributed by atoms with van der Waals surface area (Å²) >= 11 is 9.25. The first-order valence-corrected chi connectivity index (χ1v) is 5.18. The van der Waals surface area contributed by atoms with Crippen LogP contribution in [0.3, 0.4) is 0 Å². The van der Waals surface area contributed by atoms with Gasteiger partial charge in [0, 0.05) is 11.8 Å². The Labute approximate surface area is 95.1 Å². The molecule has 0 unspecified atom stereocenters. The van der Waals surface area contributed by atoms with E-state index in [1.165, 1.54) is 0 Å². The zero-order chi connectivity index (χ0) is 9.97. The molecule has 70 valence electrons. The van der Waals surface area contributed by atoms with E-state index < -0.39 is 0 Å². The molecule has 0 N–H and O–H groups in total. The molecule has 0 atom stereocenters. The van der Waals surface area contributed by atoms with Gasteiger partial charge in [0.2, 0.25) is 0 Å². The second-order valence-corrected chi connectivity index (χ2v) is 3.86. The highest BCUT2D eigenvalue weighted by molar-refractivity contribution is 9.10. The highest BCUT2D eigenvalue weighted by atomic mass is 79.9. The average Bonchev–Trinajstić information content (AvgIpc) is 2.18. The molecule has 2 nitrogen and oxygen atoms in total. The van der Waals surface area contributed by atoms with Crippen molar-refractivity contribution in [3.05, 3.63) is 46.3 Å². The van der Waals surface area contributed by atoms with Crippen LogP contribution in [0, 0.1) is 0 Å². The summed E-state index contributed by atoms with van der Waals surface area (Å²) in [6.45, 7) is 0. The fourth-order valence-corrected chi connectivity index (χ4v) is 1.70. The van der Waals surface area contributed by atoms with Crippen LogP contribution in [0.15, 0.2) is 41.1 Å². The zero-order valence-corrected chi connectivity index (χ0v) is 9.46. The van der Waals surface area contributed by atoms with Gasteiger partial charge in [0.25, 0.3) is 0 Å². The lowest BCUT2D eigenvalue weighted by Gasteiger charge is -2.01. The SMILES string of the molecule is Clc1ncccc1-c1cccc(Br)n1. The van der Waals surface area contributed by atoms with Gasteiger partial charge < -0.3 is 0 Å². The van der Waals surface area contributed by atoms with E-state index in [-0.39, 0.29) is 0 Å². The second kappa shape index (κ2) is 4.07. The predicted octanol–water partition coefficient (Wildman–Crippen LogP) is 3.56. The number of rotatable bonds is 1. The Kier molecular flexibility index (Phi) is 2.79. The number of halogens is 2. The first-order valence-electron chi connectivity index (χ1n) is 4.01. The standard InChI is InChI=1S/C10H6BrClN2/c11-9-5-1-4-8(14-9)7-3-2-6-13-10(7)12/h1-6H. The van der Waals surface area contributed by atoms with Crippen molar-refractivity contribution in [1.29, 1.82) is 0 Å². The maximum Gasteiger partial charge on any atom is 0.138 e. The minimum atomic E-state index is 0.470. The minimum Gasteiger partial charge on any atom is -0.244 e. The van der Waals surface area contributed by atoms with E-state index in [0.29, 0.717) is 5.15 Å². The van der Waals surface area contributed by atoms with Crippen LogP contribution in [0.25, 0.3) is 11.3 Å². The molecule has 0 fully saturated rings. The third kappa shape index (κ3) is 1.94. The molecule has 0 radical (unpaired) electrons. The Morgan fingerprint density at radius 2 is 2.00 bits per heavy atom. The van der Waals surface area contributed by atoms with Gasteiger partial charge >= 0.3 is 0 Å². The van der Waals surface area contributed by atoms with Gasteiger partial charge in [-0.25, -0.2) is 9.97 Å². The molecule has 4 heteroatoms. The molecule has 14 heavy (non-hydrogen) atoms. The smallest absolute Gasteiger partial charge is 0.138 e. The topological polar surface area (TPSA) is 25.8 Å². The van der Waals surface area contributed by atoms with E-state index in [9.17, 15) is 0 Å². The normalized spacial score (nSPS) is 10.1. The number of pyridine rings is 2. The average molecular weight is 270 g/mol. The first kappa shape index (κ1) is 9.62. The quantitative estimate of drug-likeness (QED) is 0.740. The largest absolute Gasteiger partial charge is 0.244 e. The van der Waals surface area contributed by atoms with Crippen molar-refractivity contribution in [3.63, 3.8) is 0 Å². The predicted molar refractivity (Wildman–Crippen MR) is 60.2 cm³/mol. The third-order valence-corrected chi connectivity index (χ3v) is 2.49. The Balaban J connectivity index is 2.55. The van der Waals surface area contributed by atoms with Crippen LogP contribution >= 0.6 is 27.5 Å². The summed E-state index contributed by atoms with van der Waals surface area (Å²) in [7, 11) is 0. The van der Waals surface area contributed by atoms with Crippen molar-refractivity contribution in [2.24, 2.45) is 0 Å². The summed E-state index contributed by atoms with van der Waals surface area (Å²) in [6, 6.07) is 9.41. The Bertz CT molecular complexity index is 459. The van der Waals surface area contributed by atoms with Crippen LogP contribution in [-0.4, -0.2) is 9.97 Å². The number of aromatic nitrogens is 2. The summed E-state index contributed by atoms with van der Waals surface area (Å²) in [4.78, 5) is 8.29. The van der Waals surface area contributed by atoms with Crippen LogP contribution in [0.2, 0.25) is 5.15 Å². The van der Waals surface area contributed by atoms with Crippen molar-refractivity contribution in [2.75, 3.05) is 0 Å². The molecule has 0 aliphatic carbocycles. The summed E-state index contributed by atoms with van der Waals surface area (Å²) in [5, 5.41) is 0.470. The van der Waals surface area contributed by atoms with Gasteiger partial charge in [0.1, 0.15) is 9.76 Å². The number of hydrogen-bond acceptors (Lipinski definition) is 2. The molecule has 2 heterocycles. The van der Waals surface area contributed by atoms with Gasteiger partial charge in [0.15, 0.2) is 0 Å². The summed E-state index contributed by atoms with van der Waals surface area (Å²) in [5.41, 5.74) is 1.66. The molecule has 2 aromatic rings. The van der Waals surface area contributed by atoms with Gasteiger partial charge in [0.05, 0.1) is 5.69 Å².